The fraction of sp³-hybridized carbons (Fsp3) is 0.750. The first-order chi connectivity index (χ1) is 4.04. The summed E-state index contributed by atoms with van der Waals surface area (Å²) >= 11 is 0. The topological polar surface area (TPSA) is 12.0 Å². The molecule has 0 rings (SSSR count). The van der Waals surface area contributed by atoms with Crippen LogP contribution in [0.25, 0.3) is 0 Å². The van der Waals surface area contributed by atoms with Gasteiger partial charge in [0.15, 0.2) is 0 Å². The first-order valence-electron chi connectivity index (χ1n) is 3.49. The molecular weight excluding hydrogens is 110 g/mol. The van der Waals surface area contributed by atoms with E-state index in [1.165, 1.54) is 0 Å². The van der Waals surface area contributed by atoms with Gasteiger partial charge in [-0.3, -0.25) is 0 Å². The standard InChI is InChI=1S/C8H17N/c1-6(2)8(5)9-7(3)4/h6-7,9H,5H2,1-4H3. The first-order valence-corrected chi connectivity index (χ1v) is 3.49. The molecule has 0 atom stereocenters. The predicted molar refractivity (Wildman–Crippen MR) is 42.2 cm³/mol. The van der Waals surface area contributed by atoms with E-state index in [4.69, 9.17) is 0 Å². The molecule has 0 heterocycles. The molecule has 0 aliphatic heterocycles. The second-order valence-corrected chi connectivity index (χ2v) is 2.98. The summed E-state index contributed by atoms with van der Waals surface area (Å²) in [4.78, 5) is 0. The van der Waals surface area contributed by atoms with Gasteiger partial charge in [-0.2, -0.15) is 0 Å². The van der Waals surface area contributed by atoms with Crippen molar-refractivity contribution in [2.75, 3.05) is 0 Å². The van der Waals surface area contributed by atoms with E-state index in [0.29, 0.717) is 12.0 Å². The van der Waals surface area contributed by atoms with Gasteiger partial charge >= 0.3 is 0 Å². The van der Waals surface area contributed by atoms with E-state index in [1.807, 2.05) is 0 Å². The normalized spacial score (nSPS) is 10.4. The van der Waals surface area contributed by atoms with E-state index in [-0.39, 0.29) is 0 Å². The third-order valence-electron chi connectivity index (χ3n) is 1.17. The van der Waals surface area contributed by atoms with Crippen LogP contribution in [0.2, 0.25) is 0 Å². The molecule has 0 saturated carbocycles. The van der Waals surface area contributed by atoms with Gasteiger partial charge in [0, 0.05) is 11.7 Å². The third-order valence-corrected chi connectivity index (χ3v) is 1.17. The lowest BCUT2D eigenvalue weighted by Crippen LogP contribution is -2.23. The Morgan fingerprint density at radius 1 is 1.22 bits per heavy atom. The van der Waals surface area contributed by atoms with Crippen LogP contribution in [0.4, 0.5) is 0 Å². The largest absolute Gasteiger partial charge is 0.386 e. The highest BCUT2D eigenvalue weighted by atomic mass is 14.9. The van der Waals surface area contributed by atoms with Crippen molar-refractivity contribution >= 4 is 0 Å². The Hall–Kier alpha value is -0.460. The molecule has 1 nitrogen and oxygen atoms in total. The molecule has 0 saturated heterocycles. The number of rotatable bonds is 3. The van der Waals surface area contributed by atoms with Gasteiger partial charge in [-0.15, -0.1) is 0 Å². The average Bonchev–Trinajstić information content (AvgIpc) is 1.63. The van der Waals surface area contributed by atoms with Crippen molar-refractivity contribution in [3.63, 3.8) is 0 Å². The lowest BCUT2D eigenvalue weighted by molar-refractivity contribution is 0.592. The quantitative estimate of drug-likeness (QED) is 0.612. The van der Waals surface area contributed by atoms with Crippen molar-refractivity contribution in [3.8, 4) is 0 Å². The minimum Gasteiger partial charge on any atom is -0.386 e. The summed E-state index contributed by atoms with van der Waals surface area (Å²) in [5.74, 6) is 0.549. The summed E-state index contributed by atoms with van der Waals surface area (Å²) in [7, 11) is 0. The molecule has 0 unspecified atom stereocenters. The number of hydrogen-bond donors (Lipinski definition) is 1. The predicted octanol–water partition coefficient (Wildman–Crippen LogP) is 2.15. The van der Waals surface area contributed by atoms with E-state index >= 15 is 0 Å². The zero-order valence-electron chi connectivity index (χ0n) is 6.86. The fourth-order valence-electron chi connectivity index (χ4n) is 0.537. The van der Waals surface area contributed by atoms with Gasteiger partial charge < -0.3 is 5.32 Å². The molecule has 0 aromatic carbocycles. The van der Waals surface area contributed by atoms with E-state index in [2.05, 4.69) is 39.6 Å². The van der Waals surface area contributed by atoms with Crippen LogP contribution in [0.1, 0.15) is 27.7 Å². The van der Waals surface area contributed by atoms with Crippen LogP contribution in [0.5, 0.6) is 0 Å². The molecule has 1 N–H and O–H groups in total. The molecule has 0 radical (unpaired) electrons. The Bertz CT molecular complexity index is 92.7. The highest BCUT2D eigenvalue weighted by Crippen LogP contribution is 2.02. The van der Waals surface area contributed by atoms with Crippen LogP contribution in [0.15, 0.2) is 12.3 Å². The maximum atomic E-state index is 3.88. The molecule has 0 spiro atoms. The van der Waals surface area contributed by atoms with Crippen LogP contribution >= 0.6 is 0 Å². The zero-order valence-corrected chi connectivity index (χ0v) is 6.86. The molecule has 0 fully saturated rings. The molecule has 0 aromatic heterocycles. The number of nitrogens with one attached hydrogen (secondary N) is 1. The summed E-state index contributed by atoms with van der Waals surface area (Å²) in [6.45, 7) is 12.4. The Balaban J connectivity index is 3.51. The fourth-order valence-corrected chi connectivity index (χ4v) is 0.537. The van der Waals surface area contributed by atoms with Crippen LogP contribution in [-0.2, 0) is 0 Å². The molecule has 0 bridgehead atoms. The molecule has 9 heavy (non-hydrogen) atoms. The zero-order chi connectivity index (χ0) is 7.44. The number of allylic oxidation sites excluding steroid dienone is 1. The second-order valence-electron chi connectivity index (χ2n) is 2.98. The van der Waals surface area contributed by atoms with Gasteiger partial charge in [0.1, 0.15) is 0 Å². The van der Waals surface area contributed by atoms with Crippen molar-refractivity contribution in [2.45, 2.75) is 33.7 Å². The van der Waals surface area contributed by atoms with Crippen molar-refractivity contribution in [2.24, 2.45) is 5.92 Å². The SMILES string of the molecule is C=C(NC(C)C)C(C)C. The molecule has 0 aromatic rings. The maximum Gasteiger partial charge on any atom is 0.0201 e. The smallest absolute Gasteiger partial charge is 0.0201 e. The summed E-state index contributed by atoms with van der Waals surface area (Å²) in [6.07, 6.45) is 0. The van der Waals surface area contributed by atoms with Crippen LogP contribution in [0.3, 0.4) is 0 Å². The van der Waals surface area contributed by atoms with E-state index in [1.54, 1.807) is 0 Å². The maximum absolute atomic E-state index is 3.88. The van der Waals surface area contributed by atoms with Crippen molar-refractivity contribution in [3.05, 3.63) is 12.3 Å². The lowest BCUT2D eigenvalue weighted by Gasteiger charge is -2.15. The van der Waals surface area contributed by atoms with E-state index < -0.39 is 0 Å². The molecule has 1 heteroatoms. The summed E-state index contributed by atoms with van der Waals surface area (Å²) in [5.41, 5.74) is 1.13. The van der Waals surface area contributed by atoms with Crippen molar-refractivity contribution < 1.29 is 0 Å². The van der Waals surface area contributed by atoms with Gasteiger partial charge in [-0.25, -0.2) is 0 Å². The monoisotopic (exact) mass is 127 g/mol. The Morgan fingerprint density at radius 3 is 1.78 bits per heavy atom. The average molecular weight is 127 g/mol. The second kappa shape index (κ2) is 3.54. The van der Waals surface area contributed by atoms with Crippen LogP contribution in [0, 0.1) is 5.92 Å². The number of hydrogen-bond acceptors (Lipinski definition) is 1. The van der Waals surface area contributed by atoms with Gasteiger partial charge in [0.25, 0.3) is 0 Å². The van der Waals surface area contributed by atoms with Gasteiger partial charge in [-0.05, 0) is 19.8 Å². The molecule has 0 aliphatic rings. The summed E-state index contributed by atoms with van der Waals surface area (Å²) in [6, 6.07) is 0.514. The molecule has 0 amide bonds. The minimum absolute atomic E-state index is 0.514. The van der Waals surface area contributed by atoms with Gasteiger partial charge in [-0.1, -0.05) is 20.4 Å². The molecule has 54 valence electrons. The highest BCUT2D eigenvalue weighted by molar-refractivity contribution is 4.95. The van der Waals surface area contributed by atoms with Crippen LogP contribution < -0.4 is 5.32 Å². The Kier molecular flexibility index (Phi) is 3.36. The summed E-state index contributed by atoms with van der Waals surface area (Å²) in [5, 5.41) is 3.25. The highest BCUT2D eigenvalue weighted by Gasteiger charge is 1.99. The van der Waals surface area contributed by atoms with E-state index in [0.717, 1.165) is 5.70 Å². The summed E-state index contributed by atoms with van der Waals surface area (Å²) < 4.78 is 0. The molecular formula is C8H17N. The first kappa shape index (κ1) is 8.54. The molecule has 0 aliphatic carbocycles. The lowest BCUT2D eigenvalue weighted by atomic mass is 10.1. The van der Waals surface area contributed by atoms with Crippen molar-refractivity contribution in [1.29, 1.82) is 0 Å². The van der Waals surface area contributed by atoms with E-state index in [9.17, 15) is 0 Å². The third kappa shape index (κ3) is 4.07. The van der Waals surface area contributed by atoms with Crippen molar-refractivity contribution in [1.82, 2.24) is 5.32 Å². The van der Waals surface area contributed by atoms with Crippen LogP contribution in [-0.4, -0.2) is 6.04 Å². The van der Waals surface area contributed by atoms with Gasteiger partial charge in [0.05, 0.1) is 0 Å². The minimum atomic E-state index is 0.514. The van der Waals surface area contributed by atoms with Gasteiger partial charge in [0.2, 0.25) is 0 Å². The Labute approximate surface area is 58.2 Å². The Morgan fingerprint density at radius 2 is 1.67 bits per heavy atom.